The smallest absolute Gasteiger partial charge is 0.227 e. The number of anilines is 1. The van der Waals surface area contributed by atoms with Crippen molar-refractivity contribution in [1.29, 1.82) is 0 Å². The van der Waals surface area contributed by atoms with E-state index in [9.17, 15) is 9.90 Å². The van der Waals surface area contributed by atoms with Crippen LogP contribution in [0.15, 0.2) is 60.8 Å². The summed E-state index contributed by atoms with van der Waals surface area (Å²) in [4.78, 5) is 17.6. The first-order chi connectivity index (χ1) is 15.2. The third kappa shape index (κ3) is 5.13. The molecule has 0 unspecified atom stereocenters. The zero-order chi connectivity index (χ0) is 21.6. The number of rotatable bonds is 7. The second kappa shape index (κ2) is 10.1. The molecule has 1 saturated carbocycles. The molecule has 0 aliphatic heterocycles. The molecular formula is C27H32N2O2. The average molecular weight is 417 g/mol. The normalized spacial score (nSPS) is 19.8. The molecule has 1 fully saturated rings. The quantitative estimate of drug-likeness (QED) is 0.508. The van der Waals surface area contributed by atoms with Crippen molar-refractivity contribution in [2.24, 2.45) is 11.8 Å². The number of hydrogen-bond donors (Lipinski definition) is 2. The summed E-state index contributed by atoms with van der Waals surface area (Å²) in [6, 6.07) is 18.5. The Morgan fingerprint density at radius 2 is 1.81 bits per heavy atom. The van der Waals surface area contributed by atoms with Crippen LogP contribution in [0.1, 0.15) is 55.6 Å². The Morgan fingerprint density at radius 1 is 1.06 bits per heavy atom. The molecule has 1 aliphatic carbocycles. The van der Waals surface area contributed by atoms with Gasteiger partial charge in [0.15, 0.2) is 0 Å². The van der Waals surface area contributed by atoms with E-state index in [1.807, 2.05) is 43.5 Å². The third-order valence-electron chi connectivity index (χ3n) is 6.79. The molecule has 4 heteroatoms. The number of carbonyl (C=O) groups is 1. The maximum atomic E-state index is 13.1. The van der Waals surface area contributed by atoms with Crippen LogP contribution in [-0.2, 0) is 4.79 Å². The number of hydrogen-bond acceptors (Lipinski definition) is 3. The Hall–Kier alpha value is -2.72. The van der Waals surface area contributed by atoms with Gasteiger partial charge in [-0.05, 0) is 87.1 Å². The van der Waals surface area contributed by atoms with Gasteiger partial charge in [-0.3, -0.25) is 9.78 Å². The molecule has 0 saturated heterocycles. The van der Waals surface area contributed by atoms with E-state index in [4.69, 9.17) is 0 Å². The van der Waals surface area contributed by atoms with Crippen molar-refractivity contribution in [1.82, 2.24) is 4.98 Å². The van der Waals surface area contributed by atoms with Crippen molar-refractivity contribution in [3.8, 4) is 0 Å². The SMILES string of the molecule is Cc1ccc(NC(=O)[C@H](CCCO)C2CCC(c3ccnc4ccccc34)CC2)cc1. The van der Waals surface area contributed by atoms with Crippen molar-refractivity contribution in [3.63, 3.8) is 0 Å². The minimum atomic E-state index is -0.0522. The van der Waals surface area contributed by atoms with Gasteiger partial charge < -0.3 is 10.4 Å². The van der Waals surface area contributed by atoms with E-state index in [1.165, 1.54) is 16.5 Å². The highest BCUT2D eigenvalue weighted by Gasteiger charge is 2.32. The number of fused-ring (bicyclic) bond motifs is 1. The van der Waals surface area contributed by atoms with Gasteiger partial charge in [0.05, 0.1) is 5.52 Å². The zero-order valence-corrected chi connectivity index (χ0v) is 18.3. The molecule has 1 aromatic heterocycles. The summed E-state index contributed by atoms with van der Waals surface area (Å²) in [6.07, 6.45) is 7.58. The molecule has 2 aromatic carbocycles. The minimum Gasteiger partial charge on any atom is -0.396 e. The minimum absolute atomic E-state index is 0.0522. The first-order valence-electron chi connectivity index (χ1n) is 11.5. The van der Waals surface area contributed by atoms with Crippen LogP contribution >= 0.6 is 0 Å². The van der Waals surface area contributed by atoms with Gasteiger partial charge in [-0.1, -0.05) is 35.9 Å². The van der Waals surface area contributed by atoms with E-state index >= 15 is 0 Å². The molecule has 162 valence electrons. The number of pyridine rings is 1. The molecule has 4 nitrogen and oxygen atoms in total. The van der Waals surface area contributed by atoms with Crippen molar-refractivity contribution < 1.29 is 9.90 Å². The molecule has 4 rings (SSSR count). The fourth-order valence-corrected chi connectivity index (χ4v) is 5.07. The van der Waals surface area contributed by atoms with E-state index in [-0.39, 0.29) is 18.4 Å². The number of aliphatic hydroxyl groups is 1. The van der Waals surface area contributed by atoms with Crippen LogP contribution in [-0.4, -0.2) is 22.6 Å². The molecule has 3 aromatic rings. The van der Waals surface area contributed by atoms with Crippen LogP contribution in [0.2, 0.25) is 0 Å². The molecule has 2 N–H and O–H groups in total. The number of aromatic nitrogens is 1. The van der Waals surface area contributed by atoms with Crippen molar-refractivity contribution in [2.45, 2.75) is 51.4 Å². The first kappa shape index (κ1) is 21.5. The summed E-state index contributed by atoms with van der Waals surface area (Å²) in [6.45, 7) is 2.17. The molecule has 1 amide bonds. The number of aryl methyl sites for hydroxylation is 1. The lowest BCUT2D eigenvalue weighted by Crippen LogP contribution is -2.32. The van der Waals surface area contributed by atoms with E-state index in [1.54, 1.807) is 0 Å². The largest absolute Gasteiger partial charge is 0.396 e. The second-order valence-corrected chi connectivity index (χ2v) is 8.86. The zero-order valence-electron chi connectivity index (χ0n) is 18.3. The van der Waals surface area contributed by atoms with Gasteiger partial charge in [0.1, 0.15) is 0 Å². The van der Waals surface area contributed by atoms with E-state index in [2.05, 4.69) is 34.6 Å². The summed E-state index contributed by atoms with van der Waals surface area (Å²) in [5.41, 5.74) is 4.47. The Morgan fingerprint density at radius 3 is 2.55 bits per heavy atom. The summed E-state index contributed by atoms with van der Waals surface area (Å²) < 4.78 is 0. The Balaban J connectivity index is 1.44. The highest BCUT2D eigenvalue weighted by molar-refractivity contribution is 5.92. The van der Waals surface area contributed by atoms with E-state index in [0.29, 0.717) is 18.3 Å². The van der Waals surface area contributed by atoms with Gasteiger partial charge >= 0.3 is 0 Å². The maximum Gasteiger partial charge on any atom is 0.227 e. The molecule has 31 heavy (non-hydrogen) atoms. The molecule has 0 radical (unpaired) electrons. The molecule has 1 heterocycles. The number of para-hydroxylation sites is 1. The highest BCUT2D eigenvalue weighted by Crippen LogP contribution is 2.41. The predicted molar refractivity (Wildman–Crippen MR) is 126 cm³/mol. The van der Waals surface area contributed by atoms with Crippen LogP contribution in [0.25, 0.3) is 10.9 Å². The van der Waals surface area contributed by atoms with Crippen LogP contribution in [0.5, 0.6) is 0 Å². The Labute approximate surface area is 184 Å². The van der Waals surface area contributed by atoms with Crippen molar-refractivity contribution in [2.75, 3.05) is 11.9 Å². The molecule has 0 bridgehead atoms. The number of carbonyl (C=O) groups excluding carboxylic acids is 1. The molecular weight excluding hydrogens is 384 g/mol. The highest BCUT2D eigenvalue weighted by atomic mass is 16.3. The fourth-order valence-electron chi connectivity index (χ4n) is 5.07. The Bertz CT molecular complexity index is 1000. The Kier molecular flexibility index (Phi) is 6.98. The maximum absolute atomic E-state index is 13.1. The second-order valence-electron chi connectivity index (χ2n) is 8.86. The lowest BCUT2D eigenvalue weighted by atomic mass is 9.72. The lowest BCUT2D eigenvalue weighted by molar-refractivity contribution is -0.122. The number of nitrogens with one attached hydrogen (secondary N) is 1. The number of amides is 1. The van der Waals surface area contributed by atoms with Gasteiger partial charge in [-0.15, -0.1) is 0 Å². The summed E-state index contributed by atoms with van der Waals surface area (Å²) in [7, 11) is 0. The standard InChI is InChI=1S/C27H32N2O2/c1-19-8-14-22(15-9-19)29-27(31)24(6-4-18-30)21-12-10-20(11-13-21)23-16-17-28-26-7-3-2-5-25(23)26/h2-3,5,7-9,14-17,20-21,24,30H,4,6,10-13,18H2,1H3,(H,29,31)/t20?,21?,24-/m1/s1. The lowest BCUT2D eigenvalue weighted by Gasteiger charge is -2.34. The van der Waals surface area contributed by atoms with Gasteiger partial charge in [-0.2, -0.15) is 0 Å². The molecule has 1 atom stereocenters. The van der Waals surface area contributed by atoms with Gasteiger partial charge in [0.25, 0.3) is 0 Å². The van der Waals surface area contributed by atoms with Crippen molar-refractivity contribution >= 4 is 22.5 Å². The molecule has 0 spiro atoms. The first-order valence-corrected chi connectivity index (χ1v) is 11.5. The molecule has 1 aliphatic rings. The monoisotopic (exact) mass is 416 g/mol. The fraction of sp³-hybridized carbons (Fsp3) is 0.407. The van der Waals surface area contributed by atoms with Crippen LogP contribution < -0.4 is 5.32 Å². The topological polar surface area (TPSA) is 62.2 Å². The summed E-state index contributed by atoms with van der Waals surface area (Å²) in [5, 5.41) is 13.7. The van der Waals surface area contributed by atoms with E-state index in [0.717, 1.165) is 43.3 Å². The summed E-state index contributed by atoms with van der Waals surface area (Å²) in [5.74, 6) is 0.919. The van der Waals surface area contributed by atoms with Crippen LogP contribution in [0, 0.1) is 18.8 Å². The summed E-state index contributed by atoms with van der Waals surface area (Å²) >= 11 is 0. The van der Waals surface area contributed by atoms with Crippen LogP contribution in [0.3, 0.4) is 0 Å². The van der Waals surface area contributed by atoms with Gasteiger partial charge in [-0.25, -0.2) is 0 Å². The third-order valence-corrected chi connectivity index (χ3v) is 6.79. The number of benzene rings is 2. The van der Waals surface area contributed by atoms with E-state index < -0.39 is 0 Å². The number of nitrogens with zero attached hydrogens (tertiary/aromatic N) is 1. The van der Waals surface area contributed by atoms with Crippen molar-refractivity contribution in [3.05, 3.63) is 71.9 Å². The average Bonchev–Trinajstić information content (AvgIpc) is 2.81. The van der Waals surface area contributed by atoms with Gasteiger partial charge in [0, 0.05) is 29.8 Å². The van der Waals surface area contributed by atoms with Gasteiger partial charge in [0.2, 0.25) is 5.91 Å². The van der Waals surface area contributed by atoms with Crippen LogP contribution in [0.4, 0.5) is 5.69 Å². The predicted octanol–water partition coefficient (Wildman–Crippen LogP) is 5.84. The number of aliphatic hydroxyl groups excluding tert-OH is 1.